The van der Waals surface area contributed by atoms with E-state index >= 15 is 0 Å². The van der Waals surface area contributed by atoms with Gasteiger partial charge in [0.1, 0.15) is 0 Å². The summed E-state index contributed by atoms with van der Waals surface area (Å²) < 4.78 is 0. The quantitative estimate of drug-likeness (QED) is 0.774. The highest BCUT2D eigenvalue weighted by Crippen LogP contribution is 2.32. The number of pyridine rings is 1. The van der Waals surface area contributed by atoms with Gasteiger partial charge in [-0.15, -0.1) is 0 Å². The van der Waals surface area contributed by atoms with Gasteiger partial charge in [-0.05, 0) is 30.9 Å². The summed E-state index contributed by atoms with van der Waals surface area (Å²) >= 11 is 0. The molecule has 0 aliphatic heterocycles. The lowest BCUT2D eigenvalue weighted by Crippen LogP contribution is -2.08. The number of carboxylic acids is 1. The third-order valence-electron chi connectivity index (χ3n) is 2.77. The van der Waals surface area contributed by atoms with Gasteiger partial charge in [0.25, 0.3) is 0 Å². The highest BCUT2D eigenvalue weighted by Gasteiger charge is 2.29. The monoisotopic (exact) mass is 191 g/mol. The molecule has 0 radical (unpaired) electrons. The number of aliphatic carboxylic acids is 1. The molecular weight excluding hydrogens is 178 g/mol. The zero-order valence-electron chi connectivity index (χ0n) is 8.16. The van der Waals surface area contributed by atoms with E-state index in [1.54, 1.807) is 0 Å². The normalized spacial score (nSPS) is 19.4. The highest BCUT2D eigenvalue weighted by atomic mass is 16.4. The molecule has 1 aliphatic carbocycles. The summed E-state index contributed by atoms with van der Waals surface area (Å²) in [5, 5.41) is 8.96. The third-order valence-corrected chi connectivity index (χ3v) is 2.77. The fourth-order valence-corrected chi connectivity index (χ4v) is 1.96. The van der Waals surface area contributed by atoms with Crippen molar-refractivity contribution in [1.29, 1.82) is 0 Å². The van der Waals surface area contributed by atoms with E-state index in [9.17, 15) is 4.79 Å². The van der Waals surface area contributed by atoms with E-state index < -0.39 is 5.97 Å². The molecule has 74 valence electrons. The van der Waals surface area contributed by atoms with Crippen LogP contribution in [-0.4, -0.2) is 16.1 Å². The first-order chi connectivity index (χ1) is 6.72. The molecule has 0 fully saturated rings. The van der Waals surface area contributed by atoms with E-state index in [4.69, 9.17) is 5.11 Å². The summed E-state index contributed by atoms with van der Waals surface area (Å²) in [5.41, 5.74) is 2.95. The van der Waals surface area contributed by atoms with E-state index in [1.807, 2.05) is 12.1 Å². The Morgan fingerprint density at radius 3 is 3.07 bits per heavy atom. The standard InChI is InChI=1S/C11H13NO2/c1-2-7-3-4-8-9(11(13)14)5-6-10(8)12-7/h3-4,9H,2,5-6H2,1H3,(H,13,14). The van der Waals surface area contributed by atoms with Crippen molar-refractivity contribution in [3.63, 3.8) is 0 Å². The van der Waals surface area contributed by atoms with Crippen molar-refractivity contribution in [2.45, 2.75) is 32.1 Å². The number of aromatic nitrogens is 1. The number of hydrogen-bond donors (Lipinski definition) is 1. The lowest BCUT2D eigenvalue weighted by atomic mass is 10.0. The van der Waals surface area contributed by atoms with Crippen LogP contribution in [0.1, 0.15) is 36.2 Å². The van der Waals surface area contributed by atoms with Crippen LogP contribution in [0.3, 0.4) is 0 Å². The third kappa shape index (κ3) is 1.39. The summed E-state index contributed by atoms with van der Waals surface area (Å²) in [6.45, 7) is 2.05. The molecule has 0 saturated heterocycles. The van der Waals surface area contributed by atoms with Gasteiger partial charge in [-0.2, -0.15) is 0 Å². The number of hydrogen-bond acceptors (Lipinski definition) is 2. The summed E-state index contributed by atoms with van der Waals surface area (Å²) in [6.07, 6.45) is 2.41. The maximum Gasteiger partial charge on any atom is 0.311 e. The molecule has 0 spiro atoms. The van der Waals surface area contributed by atoms with Crippen LogP contribution in [-0.2, 0) is 17.6 Å². The summed E-state index contributed by atoms with van der Waals surface area (Å²) in [4.78, 5) is 15.3. The molecule has 1 aromatic rings. The Morgan fingerprint density at radius 1 is 1.64 bits per heavy atom. The number of aryl methyl sites for hydroxylation is 2. The highest BCUT2D eigenvalue weighted by molar-refractivity contribution is 5.77. The van der Waals surface area contributed by atoms with Crippen LogP contribution in [0.25, 0.3) is 0 Å². The molecule has 0 saturated carbocycles. The molecule has 1 aromatic heterocycles. The van der Waals surface area contributed by atoms with Gasteiger partial charge in [0.05, 0.1) is 5.92 Å². The zero-order chi connectivity index (χ0) is 10.1. The largest absolute Gasteiger partial charge is 0.481 e. The van der Waals surface area contributed by atoms with Gasteiger partial charge in [-0.3, -0.25) is 9.78 Å². The summed E-state index contributed by atoms with van der Waals surface area (Å²) in [6, 6.07) is 3.85. The lowest BCUT2D eigenvalue weighted by molar-refractivity contribution is -0.138. The molecule has 14 heavy (non-hydrogen) atoms. The molecule has 0 bridgehead atoms. The number of fused-ring (bicyclic) bond motifs is 1. The molecule has 1 heterocycles. The molecule has 0 aromatic carbocycles. The van der Waals surface area contributed by atoms with Crippen LogP contribution >= 0.6 is 0 Å². The van der Waals surface area contributed by atoms with Gasteiger partial charge in [-0.25, -0.2) is 0 Å². The first-order valence-electron chi connectivity index (χ1n) is 4.94. The average molecular weight is 191 g/mol. The number of carboxylic acid groups (broad SMARTS) is 1. The van der Waals surface area contributed by atoms with E-state index in [-0.39, 0.29) is 5.92 Å². The number of nitrogens with zero attached hydrogens (tertiary/aromatic N) is 1. The molecule has 1 atom stereocenters. The minimum Gasteiger partial charge on any atom is -0.481 e. The second-order valence-electron chi connectivity index (χ2n) is 3.62. The van der Waals surface area contributed by atoms with E-state index in [0.717, 1.165) is 29.8 Å². The number of carbonyl (C=O) groups is 1. The van der Waals surface area contributed by atoms with Gasteiger partial charge >= 0.3 is 5.97 Å². The molecule has 1 N–H and O–H groups in total. The Hall–Kier alpha value is -1.38. The van der Waals surface area contributed by atoms with Crippen molar-refractivity contribution in [1.82, 2.24) is 4.98 Å². The predicted molar refractivity (Wildman–Crippen MR) is 52.3 cm³/mol. The average Bonchev–Trinajstić information content (AvgIpc) is 2.59. The van der Waals surface area contributed by atoms with Crippen LogP contribution in [0.4, 0.5) is 0 Å². The van der Waals surface area contributed by atoms with Gasteiger partial charge < -0.3 is 5.11 Å². The molecule has 3 nitrogen and oxygen atoms in total. The molecule has 1 unspecified atom stereocenters. The van der Waals surface area contributed by atoms with Crippen LogP contribution in [0, 0.1) is 0 Å². The SMILES string of the molecule is CCc1ccc2c(n1)CCC2C(=O)O. The van der Waals surface area contributed by atoms with Gasteiger partial charge in [0.2, 0.25) is 0 Å². The smallest absolute Gasteiger partial charge is 0.311 e. The minimum atomic E-state index is -0.727. The van der Waals surface area contributed by atoms with Crippen LogP contribution in [0.5, 0.6) is 0 Å². The number of rotatable bonds is 2. The Balaban J connectivity index is 2.38. The van der Waals surface area contributed by atoms with Crippen LogP contribution in [0.15, 0.2) is 12.1 Å². The first-order valence-corrected chi connectivity index (χ1v) is 4.94. The van der Waals surface area contributed by atoms with Gasteiger partial charge in [-0.1, -0.05) is 13.0 Å². The molecule has 3 heteroatoms. The molecular formula is C11H13NO2. The second kappa shape index (κ2) is 3.40. The van der Waals surface area contributed by atoms with Crippen molar-refractivity contribution in [3.05, 3.63) is 29.1 Å². The fourth-order valence-electron chi connectivity index (χ4n) is 1.96. The Kier molecular flexibility index (Phi) is 2.23. The Bertz CT molecular complexity index is 374. The van der Waals surface area contributed by atoms with Crippen molar-refractivity contribution >= 4 is 5.97 Å². The van der Waals surface area contributed by atoms with Crippen LogP contribution in [0.2, 0.25) is 0 Å². The molecule has 1 aliphatic rings. The lowest BCUT2D eigenvalue weighted by Gasteiger charge is -2.05. The van der Waals surface area contributed by atoms with E-state index in [2.05, 4.69) is 11.9 Å². The topological polar surface area (TPSA) is 50.2 Å². The maximum atomic E-state index is 10.9. The van der Waals surface area contributed by atoms with Crippen molar-refractivity contribution < 1.29 is 9.90 Å². The molecule has 2 rings (SSSR count). The van der Waals surface area contributed by atoms with Gasteiger partial charge in [0, 0.05) is 11.4 Å². The molecule has 0 amide bonds. The first kappa shape index (κ1) is 9.19. The summed E-state index contributed by atoms with van der Waals surface area (Å²) in [5.74, 6) is -1.06. The zero-order valence-corrected chi connectivity index (χ0v) is 8.16. The van der Waals surface area contributed by atoms with Crippen molar-refractivity contribution in [3.8, 4) is 0 Å². The maximum absolute atomic E-state index is 10.9. The Labute approximate surface area is 82.8 Å². The van der Waals surface area contributed by atoms with E-state index in [0.29, 0.717) is 6.42 Å². The van der Waals surface area contributed by atoms with Crippen molar-refractivity contribution in [2.75, 3.05) is 0 Å². The Morgan fingerprint density at radius 2 is 2.43 bits per heavy atom. The minimum absolute atomic E-state index is 0.330. The predicted octanol–water partition coefficient (Wildman–Crippen LogP) is 1.76. The van der Waals surface area contributed by atoms with Gasteiger partial charge in [0.15, 0.2) is 0 Å². The fraction of sp³-hybridized carbons (Fsp3) is 0.455. The van der Waals surface area contributed by atoms with Crippen LogP contribution < -0.4 is 0 Å². The van der Waals surface area contributed by atoms with Crippen molar-refractivity contribution in [2.24, 2.45) is 0 Å². The summed E-state index contributed by atoms with van der Waals surface area (Å²) in [7, 11) is 0. The van der Waals surface area contributed by atoms with E-state index in [1.165, 1.54) is 0 Å². The second-order valence-corrected chi connectivity index (χ2v) is 3.62.